The minimum atomic E-state index is -4.28. The van der Waals surface area contributed by atoms with E-state index in [4.69, 9.17) is 4.74 Å². The number of rotatable bonds is 5. The highest BCUT2D eigenvalue weighted by atomic mass is 32.2. The average Bonchev–Trinajstić information content (AvgIpc) is 2.80. The second-order valence-corrected chi connectivity index (χ2v) is 7.46. The molecule has 140 valence electrons. The van der Waals surface area contributed by atoms with Crippen molar-refractivity contribution in [3.8, 4) is 11.6 Å². The summed E-state index contributed by atoms with van der Waals surface area (Å²) in [7, 11) is -0.562. The molecule has 0 spiro atoms. The van der Waals surface area contributed by atoms with E-state index in [1.807, 2.05) is 19.0 Å². The van der Waals surface area contributed by atoms with Crippen LogP contribution in [0.1, 0.15) is 0 Å². The lowest BCUT2D eigenvalue weighted by Crippen LogP contribution is -2.30. The minimum absolute atomic E-state index is 0.0135. The Morgan fingerprint density at radius 3 is 2.73 bits per heavy atom. The van der Waals surface area contributed by atoms with Gasteiger partial charge < -0.3 is 14.7 Å². The molecule has 1 aromatic heterocycles. The van der Waals surface area contributed by atoms with Crippen LogP contribution in [0.15, 0.2) is 12.1 Å². The molecule has 2 N–H and O–H groups in total. The van der Waals surface area contributed by atoms with E-state index in [9.17, 15) is 22.7 Å². The molecule has 0 aliphatic carbocycles. The first kappa shape index (κ1) is 18.1. The summed E-state index contributed by atoms with van der Waals surface area (Å²) < 4.78 is 46.4. The largest absolute Gasteiger partial charge is 0.506 e. The van der Waals surface area contributed by atoms with Crippen molar-refractivity contribution in [2.45, 2.75) is 0 Å². The lowest BCUT2D eigenvalue weighted by molar-refractivity contribution is -0.117. The van der Waals surface area contributed by atoms with Crippen molar-refractivity contribution < 1.29 is 27.4 Å². The van der Waals surface area contributed by atoms with Gasteiger partial charge in [-0.3, -0.25) is 4.79 Å². The number of anilines is 1. The molecule has 0 radical (unpaired) electrons. The molecule has 10 nitrogen and oxygen atoms in total. The first-order chi connectivity index (χ1) is 12.2. The van der Waals surface area contributed by atoms with E-state index >= 15 is 0 Å². The zero-order valence-corrected chi connectivity index (χ0v) is 14.7. The quantitative estimate of drug-likeness (QED) is 0.712. The summed E-state index contributed by atoms with van der Waals surface area (Å²) in [6, 6.07) is 2.33. The van der Waals surface area contributed by atoms with E-state index in [0.29, 0.717) is 17.5 Å². The number of carbonyl (C=O) groups excluding carboxylic acids is 1. The molecular formula is C14H16FN5O5S. The van der Waals surface area contributed by atoms with Gasteiger partial charge in [-0.1, -0.05) is 0 Å². The number of hydrogen-bond donors (Lipinski definition) is 2. The second kappa shape index (κ2) is 6.53. The van der Waals surface area contributed by atoms with Gasteiger partial charge in [0.2, 0.25) is 5.88 Å². The Bertz CT molecular complexity index is 981. The third-order valence-electron chi connectivity index (χ3n) is 3.62. The summed E-state index contributed by atoms with van der Waals surface area (Å²) in [6.07, 6.45) is 0. The van der Waals surface area contributed by atoms with Crippen molar-refractivity contribution in [3.63, 3.8) is 0 Å². The van der Waals surface area contributed by atoms with Crippen LogP contribution in [0.2, 0.25) is 0 Å². The number of halogens is 1. The minimum Gasteiger partial charge on any atom is -0.506 e. The van der Waals surface area contributed by atoms with Crippen LogP contribution in [0.5, 0.6) is 11.6 Å². The van der Waals surface area contributed by atoms with Crippen LogP contribution in [-0.2, 0) is 15.0 Å². The molecule has 1 aliphatic heterocycles. The highest BCUT2D eigenvalue weighted by Crippen LogP contribution is 2.38. The molecule has 2 aromatic rings. The van der Waals surface area contributed by atoms with Crippen molar-refractivity contribution in [2.75, 3.05) is 38.1 Å². The summed E-state index contributed by atoms with van der Waals surface area (Å²) in [5.74, 6) is -2.50. The Hall–Kier alpha value is -2.73. The molecule has 0 unspecified atom stereocenters. The number of phenols is 1. The number of phenolic OH excluding ortho intramolecular Hbond substituents is 1. The predicted octanol–water partition coefficient (Wildman–Crippen LogP) is -0.404. The molecule has 1 aromatic carbocycles. The Morgan fingerprint density at radius 1 is 1.38 bits per heavy atom. The number of aromatic nitrogens is 2. The number of benzene rings is 1. The Balaban J connectivity index is 2.04. The third-order valence-corrected chi connectivity index (χ3v) is 5.00. The number of hydrogen-bond acceptors (Lipinski definition) is 8. The fraction of sp³-hybridized carbons (Fsp3) is 0.357. The van der Waals surface area contributed by atoms with Crippen LogP contribution < -0.4 is 13.8 Å². The fourth-order valence-electron chi connectivity index (χ4n) is 2.39. The molecule has 26 heavy (non-hydrogen) atoms. The molecule has 0 saturated carbocycles. The zero-order chi connectivity index (χ0) is 19.1. The molecule has 12 heteroatoms. The van der Waals surface area contributed by atoms with Crippen molar-refractivity contribution in [1.82, 2.24) is 19.8 Å². The van der Waals surface area contributed by atoms with Crippen LogP contribution in [0, 0.1) is 5.82 Å². The van der Waals surface area contributed by atoms with Gasteiger partial charge in [0.1, 0.15) is 30.1 Å². The SMILES string of the molecule is CN(C)CCOc1cc2c(F)c(N3CC(=O)NS3(=O)=O)c(O)cc2nn1. The highest BCUT2D eigenvalue weighted by Gasteiger charge is 2.38. The Kier molecular flexibility index (Phi) is 4.54. The summed E-state index contributed by atoms with van der Waals surface area (Å²) in [5.41, 5.74) is -0.623. The number of ether oxygens (including phenoxy) is 1. The topological polar surface area (TPSA) is 125 Å². The van der Waals surface area contributed by atoms with E-state index in [0.717, 1.165) is 6.07 Å². The number of fused-ring (bicyclic) bond motifs is 1. The average molecular weight is 385 g/mol. The van der Waals surface area contributed by atoms with Crippen molar-refractivity contribution in [2.24, 2.45) is 0 Å². The molecule has 1 fully saturated rings. The normalized spacial score (nSPS) is 16.3. The number of likely N-dealkylation sites (N-methyl/N-ethyl adjacent to an activating group) is 1. The number of nitrogens with one attached hydrogen (secondary N) is 1. The van der Waals surface area contributed by atoms with Crippen LogP contribution in [0.25, 0.3) is 10.9 Å². The lowest BCUT2D eigenvalue weighted by atomic mass is 10.1. The van der Waals surface area contributed by atoms with Gasteiger partial charge in [0.05, 0.1) is 0 Å². The summed E-state index contributed by atoms with van der Waals surface area (Å²) in [6.45, 7) is 0.254. The van der Waals surface area contributed by atoms with Gasteiger partial charge in [0.25, 0.3) is 5.91 Å². The van der Waals surface area contributed by atoms with Crippen LogP contribution in [-0.4, -0.2) is 68.3 Å². The maximum Gasteiger partial charge on any atom is 0.326 e. The van der Waals surface area contributed by atoms with Gasteiger partial charge in [0, 0.05) is 24.1 Å². The van der Waals surface area contributed by atoms with Crippen LogP contribution in [0.3, 0.4) is 0 Å². The molecule has 0 atom stereocenters. The summed E-state index contributed by atoms with van der Waals surface area (Å²) >= 11 is 0. The first-order valence-electron chi connectivity index (χ1n) is 7.49. The predicted molar refractivity (Wildman–Crippen MR) is 89.6 cm³/mol. The number of nitrogens with zero attached hydrogens (tertiary/aromatic N) is 4. The smallest absolute Gasteiger partial charge is 0.326 e. The van der Waals surface area contributed by atoms with Crippen LogP contribution >= 0.6 is 0 Å². The van der Waals surface area contributed by atoms with E-state index in [2.05, 4.69) is 10.2 Å². The second-order valence-electron chi connectivity index (χ2n) is 5.86. The summed E-state index contributed by atoms with van der Waals surface area (Å²) in [5, 5.41) is 17.5. The van der Waals surface area contributed by atoms with E-state index in [-0.39, 0.29) is 16.8 Å². The highest BCUT2D eigenvalue weighted by molar-refractivity contribution is 7.92. The molecule has 0 bridgehead atoms. The number of aromatic hydroxyl groups is 1. The molecule has 1 amide bonds. The van der Waals surface area contributed by atoms with Crippen molar-refractivity contribution in [3.05, 3.63) is 17.9 Å². The first-order valence-corrected chi connectivity index (χ1v) is 8.93. The van der Waals surface area contributed by atoms with Gasteiger partial charge in [-0.2, -0.15) is 8.42 Å². The fourth-order valence-corrected chi connectivity index (χ4v) is 3.55. The molecule has 3 rings (SSSR count). The molecule has 2 heterocycles. The van der Waals surface area contributed by atoms with Gasteiger partial charge in [-0.05, 0) is 14.1 Å². The van der Waals surface area contributed by atoms with E-state index < -0.39 is 39.9 Å². The van der Waals surface area contributed by atoms with Crippen molar-refractivity contribution in [1.29, 1.82) is 0 Å². The maximum atomic E-state index is 14.9. The monoisotopic (exact) mass is 385 g/mol. The van der Waals surface area contributed by atoms with Gasteiger partial charge in [0.15, 0.2) is 5.82 Å². The number of carbonyl (C=O) groups is 1. The third kappa shape index (κ3) is 3.32. The zero-order valence-electron chi connectivity index (χ0n) is 13.9. The van der Waals surface area contributed by atoms with E-state index in [1.54, 1.807) is 4.72 Å². The maximum absolute atomic E-state index is 14.9. The summed E-state index contributed by atoms with van der Waals surface area (Å²) in [4.78, 5) is 13.3. The molecular weight excluding hydrogens is 369 g/mol. The van der Waals surface area contributed by atoms with Gasteiger partial charge in [-0.25, -0.2) is 13.4 Å². The van der Waals surface area contributed by atoms with Crippen LogP contribution in [0.4, 0.5) is 10.1 Å². The molecule has 1 saturated heterocycles. The standard InChI is InChI=1S/C14H16FN5O5S/c1-19(2)3-4-25-12-5-8-9(16-17-12)6-10(21)14(13(8)15)20-7-11(22)18-26(20,23)24/h5-6,21H,3-4,7H2,1-2H3,(H,18,22). The Labute approximate surface area is 148 Å². The van der Waals surface area contributed by atoms with Crippen molar-refractivity contribution >= 4 is 32.7 Å². The number of amides is 1. The Morgan fingerprint density at radius 2 is 2.12 bits per heavy atom. The van der Waals surface area contributed by atoms with Gasteiger partial charge in [-0.15, -0.1) is 10.2 Å². The van der Waals surface area contributed by atoms with Gasteiger partial charge >= 0.3 is 10.2 Å². The van der Waals surface area contributed by atoms with E-state index in [1.165, 1.54) is 6.07 Å². The lowest BCUT2D eigenvalue weighted by Gasteiger charge is -2.18. The molecule has 1 aliphatic rings.